The van der Waals surface area contributed by atoms with Crippen LogP contribution in [0.1, 0.15) is 32.1 Å². The van der Waals surface area contributed by atoms with Gasteiger partial charge in [0, 0.05) is 19.1 Å². The Kier molecular flexibility index (Phi) is 4.82. The maximum Gasteiger partial charge on any atom is 0.389 e. The number of hydrogen-bond acceptors (Lipinski definition) is 3. The van der Waals surface area contributed by atoms with Crippen molar-refractivity contribution in [3.05, 3.63) is 0 Å². The number of alkyl halides is 3. The van der Waals surface area contributed by atoms with E-state index in [2.05, 4.69) is 5.43 Å². The lowest BCUT2D eigenvalue weighted by atomic mass is 9.99. The second kappa shape index (κ2) is 5.67. The summed E-state index contributed by atoms with van der Waals surface area (Å²) in [5, 5.41) is 0. The fourth-order valence-electron chi connectivity index (χ4n) is 1.78. The van der Waals surface area contributed by atoms with E-state index in [1.54, 1.807) is 0 Å². The molecule has 1 aliphatic heterocycles. The Balaban J connectivity index is 2.34. The number of hydrazine groups is 1. The maximum absolute atomic E-state index is 12.0. The molecule has 0 aromatic carbocycles. The summed E-state index contributed by atoms with van der Waals surface area (Å²) in [5.74, 6) is 5.24. The largest absolute Gasteiger partial charge is 0.389 e. The molecule has 1 aliphatic rings. The second-order valence-corrected chi connectivity index (χ2v) is 3.83. The van der Waals surface area contributed by atoms with Crippen LogP contribution in [0.15, 0.2) is 0 Å². The van der Waals surface area contributed by atoms with Crippen molar-refractivity contribution in [3.8, 4) is 0 Å². The predicted molar refractivity (Wildman–Crippen MR) is 50.0 cm³/mol. The van der Waals surface area contributed by atoms with Gasteiger partial charge in [-0.2, -0.15) is 13.2 Å². The van der Waals surface area contributed by atoms with E-state index in [0.717, 1.165) is 19.3 Å². The summed E-state index contributed by atoms with van der Waals surface area (Å²) in [6.45, 7) is 0.620. The van der Waals surface area contributed by atoms with Gasteiger partial charge in [0.1, 0.15) is 0 Å². The van der Waals surface area contributed by atoms with Gasteiger partial charge in [0.15, 0.2) is 0 Å². The van der Waals surface area contributed by atoms with E-state index in [1.165, 1.54) is 0 Å². The SMILES string of the molecule is NNC(CCC(F)(F)F)C1CCCCO1. The van der Waals surface area contributed by atoms with Crippen molar-refractivity contribution in [1.29, 1.82) is 0 Å². The third-order valence-corrected chi connectivity index (χ3v) is 2.62. The Morgan fingerprint density at radius 3 is 2.60 bits per heavy atom. The number of nitrogens with two attached hydrogens (primary N) is 1. The third kappa shape index (κ3) is 4.81. The van der Waals surface area contributed by atoms with Crippen LogP contribution in [0, 0.1) is 0 Å². The minimum atomic E-state index is -4.12. The van der Waals surface area contributed by atoms with Crippen LogP contribution in [0.5, 0.6) is 0 Å². The van der Waals surface area contributed by atoms with Crippen LogP contribution >= 0.6 is 0 Å². The minimum Gasteiger partial charge on any atom is -0.377 e. The smallest absolute Gasteiger partial charge is 0.377 e. The maximum atomic E-state index is 12.0. The molecule has 0 aromatic rings. The van der Waals surface area contributed by atoms with Gasteiger partial charge in [0.2, 0.25) is 0 Å². The highest BCUT2D eigenvalue weighted by Gasteiger charge is 2.31. The normalized spacial score (nSPS) is 25.2. The zero-order valence-electron chi connectivity index (χ0n) is 8.52. The van der Waals surface area contributed by atoms with Crippen molar-refractivity contribution in [2.45, 2.75) is 50.4 Å². The zero-order valence-corrected chi connectivity index (χ0v) is 8.52. The molecule has 2 unspecified atom stereocenters. The van der Waals surface area contributed by atoms with Crippen molar-refractivity contribution in [2.24, 2.45) is 5.84 Å². The summed E-state index contributed by atoms with van der Waals surface area (Å²) >= 11 is 0. The van der Waals surface area contributed by atoms with Gasteiger partial charge in [-0.15, -0.1) is 0 Å². The molecule has 2 atom stereocenters. The Bertz CT molecular complexity index is 181. The Labute approximate surface area is 87.1 Å². The standard InChI is InChI=1S/C9H17F3N2O/c10-9(11,12)5-4-7(14-13)8-3-1-2-6-15-8/h7-8,14H,1-6,13H2. The van der Waals surface area contributed by atoms with Crippen LogP contribution in [0.25, 0.3) is 0 Å². The van der Waals surface area contributed by atoms with Gasteiger partial charge in [-0.3, -0.25) is 11.3 Å². The van der Waals surface area contributed by atoms with Crippen LogP contribution in [0.3, 0.4) is 0 Å². The number of ether oxygens (including phenoxy) is 1. The van der Waals surface area contributed by atoms with Gasteiger partial charge in [0.05, 0.1) is 6.10 Å². The fourth-order valence-corrected chi connectivity index (χ4v) is 1.78. The van der Waals surface area contributed by atoms with E-state index >= 15 is 0 Å². The minimum absolute atomic E-state index is 0.0231. The molecule has 0 bridgehead atoms. The molecule has 1 fully saturated rings. The quantitative estimate of drug-likeness (QED) is 0.567. The van der Waals surface area contributed by atoms with Crippen LogP contribution < -0.4 is 11.3 Å². The summed E-state index contributed by atoms with van der Waals surface area (Å²) in [7, 11) is 0. The molecule has 0 spiro atoms. The molecule has 3 nitrogen and oxygen atoms in total. The molecule has 0 radical (unpaired) electrons. The molecule has 0 amide bonds. The van der Waals surface area contributed by atoms with E-state index < -0.39 is 18.6 Å². The van der Waals surface area contributed by atoms with Gasteiger partial charge in [-0.05, 0) is 25.7 Å². The van der Waals surface area contributed by atoms with Crippen molar-refractivity contribution < 1.29 is 17.9 Å². The summed E-state index contributed by atoms with van der Waals surface area (Å²) in [6.07, 6.45) is -2.38. The average molecular weight is 226 g/mol. The monoisotopic (exact) mass is 226 g/mol. The first kappa shape index (κ1) is 12.7. The van der Waals surface area contributed by atoms with E-state index in [4.69, 9.17) is 10.6 Å². The average Bonchev–Trinajstić information content (AvgIpc) is 2.19. The van der Waals surface area contributed by atoms with Gasteiger partial charge in [0.25, 0.3) is 0 Å². The van der Waals surface area contributed by atoms with E-state index in [1.807, 2.05) is 0 Å². The predicted octanol–water partition coefficient (Wildman–Crippen LogP) is 1.73. The third-order valence-electron chi connectivity index (χ3n) is 2.62. The van der Waals surface area contributed by atoms with E-state index in [9.17, 15) is 13.2 Å². The number of nitrogens with one attached hydrogen (secondary N) is 1. The molecule has 1 heterocycles. The first-order valence-electron chi connectivity index (χ1n) is 5.17. The number of rotatable bonds is 4. The summed E-state index contributed by atoms with van der Waals surface area (Å²) in [5.41, 5.74) is 2.42. The highest BCUT2D eigenvalue weighted by molar-refractivity contribution is 4.78. The molecule has 15 heavy (non-hydrogen) atoms. The second-order valence-electron chi connectivity index (χ2n) is 3.83. The molecule has 3 N–H and O–H groups in total. The van der Waals surface area contributed by atoms with Crippen LogP contribution in [-0.4, -0.2) is 24.9 Å². The molecule has 1 saturated heterocycles. The molecular weight excluding hydrogens is 209 g/mol. The Hall–Kier alpha value is -0.330. The highest BCUT2D eigenvalue weighted by atomic mass is 19.4. The number of halogens is 3. The van der Waals surface area contributed by atoms with E-state index in [0.29, 0.717) is 6.61 Å². The van der Waals surface area contributed by atoms with Crippen molar-refractivity contribution >= 4 is 0 Å². The summed E-state index contributed by atoms with van der Waals surface area (Å²) in [4.78, 5) is 0. The summed E-state index contributed by atoms with van der Waals surface area (Å²) < 4.78 is 41.4. The lowest BCUT2D eigenvalue weighted by molar-refractivity contribution is -0.139. The van der Waals surface area contributed by atoms with Crippen molar-refractivity contribution in [1.82, 2.24) is 5.43 Å². The molecule has 6 heteroatoms. The van der Waals surface area contributed by atoms with Gasteiger partial charge in [-0.25, -0.2) is 0 Å². The Morgan fingerprint density at radius 1 is 1.40 bits per heavy atom. The lowest BCUT2D eigenvalue weighted by Gasteiger charge is -2.30. The van der Waals surface area contributed by atoms with Gasteiger partial charge >= 0.3 is 6.18 Å². The Morgan fingerprint density at radius 2 is 2.13 bits per heavy atom. The van der Waals surface area contributed by atoms with Gasteiger partial charge in [-0.1, -0.05) is 0 Å². The molecule has 0 aromatic heterocycles. The molecule has 0 aliphatic carbocycles. The first-order chi connectivity index (χ1) is 7.03. The van der Waals surface area contributed by atoms with Crippen molar-refractivity contribution in [2.75, 3.05) is 6.61 Å². The molecular formula is C9H17F3N2O. The van der Waals surface area contributed by atoms with Crippen molar-refractivity contribution in [3.63, 3.8) is 0 Å². The molecule has 1 rings (SSSR count). The summed E-state index contributed by atoms with van der Waals surface area (Å²) in [6, 6.07) is -0.396. The fraction of sp³-hybridized carbons (Fsp3) is 1.00. The van der Waals surface area contributed by atoms with E-state index in [-0.39, 0.29) is 12.5 Å². The molecule has 0 saturated carbocycles. The number of hydrogen-bond donors (Lipinski definition) is 2. The van der Waals surface area contributed by atoms with Crippen LogP contribution in [0.4, 0.5) is 13.2 Å². The van der Waals surface area contributed by atoms with Crippen LogP contribution in [0.2, 0.25) is 0 Å². The van der Waals surface area contributed by atoms with Crippen LogP contribution in [-0.2, 0) is 4.74 Å². The van der Waals surface area contributed by atoms with Gasteiger partial charge < -0.3 is 4.74 Å². The highest BCUT2D eigenvalue weighted by Crippen LogP contribution is 2.25. The lowest BCUT2D eigenvalue weighted by Crippen LogP contribution is -2.46. The first-order valence-corrected chi connectivity index (χ1v) is 5.17. The topological polar surface area (TPSA) is 47.3 Å². The zero-order chi connectivity index (χ0) is 11.3. The molecule has 90 valence electrons.